The highest BCUT2D eigenvalue weighted by atomic mass is 16.4. The number of nitrogens with one attached hydrogen (secondary N) is 2. The van der Waals surface area contributed by atoms with Gasteiger partial charge in [0.15, 0.2) is 0 Å². The van der Waals surface area contributed by atoms with Crippen LogP contribution in [0.1, 0.15) is 53.9 Å². The lowest BCUT2D eigenvalue weighted by Gasteiger charge is -2.14. The molecule has 3 N–H and O–H groups in total. The van der Waals surface area contributed by atoms with E-state index in [0.29, 0.717) is 25.3 Å². The molecule has 1 rings (SSSR count). The van der Waals surface area contributed by atoms with E-state index >= 15 is 0 Å². The van der Waals surface area contributed by atoms with Crippen LogP contribution in [0.25, 0.3) is 0 Å². The van der Waals surface area contributed by atoms with Gasteiger partial charge >= 0.3 is 12.0 Å². The Kier molecular flexibility index (Phi) is 5.05. The van der Waals surface area contributed by atoms with Crippen molar-refractivity contribution in [3.05, 3.63) is 0 Å². The third kappa shape index (κ3) is 3.87. The number of carboxylic acids is 1. The van der Waals surface area contributed by atoms with Gasteiger partial charge in [0, 0.05) is 19.0 Å². The standard InChI is InChI=1S/C15H28N2O3/c1-10(7-6-8-12(18)19)17-13(20)16-9-11-14(2,3)15(11,4)5/h10-11H,6-9H2,1-5H3,(H,18,19)(H2,16,17,20). The molecule has 116 valence electrons. The van der Waals surface area contributed by atoms with Crippen LogP contribution in [0.2, 0.25) is 0 Å². The van der Waals surface area contributed by atoms with Crippen molar-refractivity contribution in [1.29, 1.82) is 0 Å². The summed E-state index contributed by atoms with van der Waals surface area (Å²) in [6.45, 7) is 11.5. The number of rotatable bonds is 7. The summed E-state index contributed by atoms with van der Waals surface area (Å²) in [6, 6.07) is -0.166. The van der Waals surface area contributed by atoms with Crippen LogP contribution >= 0.6 is 0 Å². The van der Waals surface area contributed by atoms with Crippen molar-refractivity contribution in [3.8, 4) is 0 Å². The van der Waals surface area contributed by atoms with Gasteiger partial charge in [-0.15, -0.1) is 0 Å². The van der Waals surface area contributed by atoms with Crippen LogP contribution < -0.4 is 10.6 Å². The van der Waals surface area contributed by atoms with E-state index in [4.69, 9.17) is 5.11 Å². The smallest absolute Gasteiger partial charge is 0.315 e. The lowest BCUT2D eigenvalue weighted by molar-refractivity contribution is -0.137. The molecule has 0 heterocycles. The number of carbonyl (C=O) groups is 2. The predicted octanol–water partition coefficient (Wildman–Crippen LogP) is 2.61. The Morgan fingerprint density at radius 3 is 2.20 bits per heavy atom. The zero-order valence-corrected chi connectivity index (χ0v) is 13.2. The highest BCUT2D eigenvalue weighted by molar-refractivity contribution is 5.74. The molecule has 1 aliphatic rings. The molecule has 1 aliphatic carbocycles. The zero-order chi connectivity index (χ0) is 15.6. The first-order chi connectivity index (χ1) is 9.09. The van der Waals surface area contributed by atoms with Crippen LogP contribution in [0.5, 0.6) is 0 Å². The predicted molar refractivity (Wildman–Crippen MR) is 78.5 cm³/mol. The second-order valence-electron chi connectivity index (χ2n) is 7.04. The maximum absolute atomic E-state index is 11.8. The molecule has 0 aromatic heterocycles. The minimum Gasteiger partial charge on any atom is -0.481 e. The molecular weight excluding hydrogens is 256 g/mol. The van der Waals surface area contributed by atoms with Gasteiger partial charge < -0.3 is 15.7 Å². The normalized spacial score (nSPS) is 21.1. The van der Waals surface area contributed by atoms with Crippen molar-refractivity contribution >= 4 is 12.0 Å². The zero-order valence-electron chi connectivity index (χ0n) is 13.2. The molecular formula is C15H28N2O3. The molecule has 0 aromatic rings. The molecule has 0 bridgehead atoms. The molecule has 2 amide bonds. The van der Waals surface area contributed by atoms with Crippen molar-refractivity contribution in [1.82, 2.24) is 10.6 Å². The van der Waals surface area contributed by atoms with E-state index in [2.05, 4.69) is 38.3 Å². The van der Waals surface area contributed by atoms with Crippen molar-refractivity contribution < 1.29 is 14.7 Å². The van der Waals surface area contributed by atoms with Crippen LogP contribution in [-0.2, 0) is 4.79 Å². The first-order valence-electron chi connectivity index (χ1n) is 7.35. The van der Waals surface area contributed by atoms with E-state index in [9.17, 15) is 9.59 Å². The van der Waals surface area contributed by atoms with Gasteiger partial charge in [0.05, 0.1) is 0 Å². The van der Waals surface area contributed by atoms with Crippen LogP contribution in [-0.4, -0.2) is 29.7 Å². The summed E-state index contributed by atoms with van der Waals surface area (Å²) in [5.41, 5.74) is 0.542. The summed E-state index contributed by atoms with van der Waals surface area (Å²) in [5, 5.41) is 14.3. The topological polar surface area (TPSA) is 78.4 Å². The van der Waals surface area contributed by atoms with E-state index in [-0.39, 0.29) is 29.3 Å². The lowest BCUT2D eigenvalue weighted by Crippen LogP contribution is -2.41. The average Bonchev–Trinajstić information content (AvgIpc) is 2.66. The van der Waals surface area contributed by atoms with Crippen LogP contribution in [0, 0.1) is 16.7 Å². The van der Waals surface area contributed by atoms with E-state index in [0.717, 1.165) is 0 Å². The molecule has 20 heavy (non-hydrogen) atoms. The Hall–Kier alpha value is -1.26. The summed E-state index contributed by atoms with van der Waals surface area (Å²) in [4.78, 5) is 22.2. The molecule has 1 unspecified atom stereocenters. The highest BCUT2D eigenvalue weighted by Gasteiger charge is 2.64. The van der Waals surface area contributed by atoms with Gasteiger partial charge in [0.25, 0.3) is 0 Å². The van der Waals surface area contributed by atoms with Gasteiger partial charge in [-0.3, -0.25) is 4.79 Å². The molecule has 0 radical (unpaired) electrons. The molecule has 5 heteroatoms. The Bertz CT molecular complexity index is 363. The summed E-state index contributed by atoms with van der Waals surface area (Å²) in [5.74, 6) is -0.289. The number of amides is 2. The van der Waals surface area contributed by atoms with Gasteiger partial charge in [-0.2, -0.15) is 0 Å². The summed E-state index contributed by atoms with van der Waals surface area (Å²) < 4.78 is 0. The summed E-state index contributed by atoms with van der Waals surface area (Å²) in [6.07, 6.45) is 1.41. The van der Waals surface area contributed by atoms with E-state index in [1.807, 2.05) is 6.92 Å². The molecule has 0 aromatic carbocycles. The van der Waals surface area contributed by atoms with Crippen LogP contribution in [0.3, 0.4) is 0 Å². The van der Waals surface area contributed by atoms with Crippen molar-refractivity contribution in [2.24, 2.45) is 16.7 Å². The maximum atomic E-state index is 11.8. The number of aliphatic carboxylic acids is 1. The largest absolute Gasteiger partial charge is 0.481 e. The Morgan fingerprint density at radius 1 is 1.20 bits per heavy atom. The number of carboxylic acid groups (broad SMARTS) is 1. The molecule has 1 atom stereocenters. The number of hydrogen-bond acceptors (Lipinski definition) is 2. The third-order valence-electron chi connectivity index (χ3n) is 5.19. The van der Waals surface area contributed by atoms with Crippen LogP contribution in [0.4, 0.5) is 4.79 Å². The SMILES string of the molecule is CC(CCCC(=O)O)NC(=O)NCC1C(C)(C)C1(C)C. The molecule has 1 fully saturated rings. The lowest BCUT2D eigenvalue weighted by atomic mass is 10.0. The number of urea groups is 1. The monoisotopic (exact) mass is 284 g/mol. The van der Waals surface area contributed by atoms with Crippen LogP contribution in [0.15, 0.2) is 0 Å². The maximum Gasteiger partial charge on any atom is 0.315 e. The van der Waals surface area contributed by atoms with E-state index in [1.54, 1.807) is 0 Å². The fourth-order valence-corrected chi connectivity index (χ4v) is 2.94. The number of hydrogen-bond donors (Lipinski definition) is 3. The first kappa shape index (κ1) is 16.8. The summed E-state index contributed by atoms with van der Waals surface area (Å²) >= 11 is 0. The minimum atomic E-state index is -0.792. The highest BCUT2D eigenvalue weighted by Crippen LogP contribution is 2.67. The summed E-state index contributed by atoms with van der Waals surface area (Å²) in [7, 11) is 0. The Labute approximate surface area is 121 Å². The first-order valence-corrected chi connectivity index (χ1v) is 7.35. The van der Waals surface area contributed by atoms with E-state index in [1.165, 1.54) is 0 Å². The van der Waals surface area contributed by atoms with Crippen molar-refractivity contribution in [3.63, 3.8) is 0 Å². The fraction of sp³-hybridized carbons (Fsp3) is 0.867. The molecule has 0 aliphatic heterocycles. The van der Waals surface area contributed by atoms with Gasteiger partial charge in [-0.25, -0.2) is 4.79 Å². The third-order valence-corrected chi connectivity index (χ3v) is 5.19. The fourth-order valence-electron chi connectivity index (χ4n) is 2.94. The van der Waals surface area contributed by atoms with Gasteiger partial charge in [0.2, 0.25) is 0 Å². The Morgan fingerprint density at radius 2 is 1.75 bits per heavy atom. The van der Waals surface area contributed by atoms with E-state index < -0.39 is 5.97 Å². The van der Waals surface area contributed by atoms with Gasteiger partial charge in [-0.05, 0) is 36.5 Å². The molecule has 5 nitrogen and oxygen atoms in total. The quantitative estimate of drug-likeness (QED) is 0.672. The molecule has 1 saturated carbocycles. The van der Waals surface area contributed by atoms with Crippen molar-refractivity contribution in [2.45, 2.75) is 59.9 Å². The molecule has 0 spiro atoms. The van der Waals surface area contributed by atoms with Crippen molar-refractivity contribution in [2.75, 3.05) is 6.54 Å². The van der Waals surface area contributed by atoms with Gasteiger partial charge in [-0.1, -0.05) is 27.7 Å². The minimum absolute atomic E-state index is 0.00502. The number of carbonyl (C=O) groups excluding carboxylic acids is 1. The van der Waals surface area contributed by atoms with Gasteiger partial charge in [0.1, 0.15) is 0 Å². The second kappa shape index (κ2) is 6.02. The molecule has 0 saturated heterocycles. The average molecular weight is 284 g/mol. The second-order valence-corrected chi connectivity index (χ2v) is 7.04. The Balaban J connectivity index is 2.20.